The Morgan fingerprint density at radius 3 is 2.61 bits per heavy atom. The molecule has 2 bridgehead atoms. The summed E-state index contributed by atoms with van der Waals surface area (Å²) in [6.45, 7) is 6.99. The molecule has 0 spiro atoms. The summed E-state index contributed by atoms with van der Waals surface area (Å²) in [6, 6.07) is 10.4. The molecule has 4 fully saturated rings. The first-order valence-corrected chi connectivity index (χ1v) is 8.53. The van der Waals surface area contributed by atoms with Crippen LogP contribution in [0.1, 0.15) is 39.2 Å². The van der Waals surface area contributed by atoms with Crippen molar-refractivity contribution in [1.29, 1.82) is 0 Å². The normalized spacial score (nSPS) is 38.3. The molecular formula is C18H27BClNO2. The van der Waals surface area contributed by atoms with Crippen molar-refractivity contribution >= 4 is 19.5 Å². The zero-order chi connectivity index (χ0) is 15.5. The second-order valence-electron chi connectivity index (χ2n) is 8.27. The maximum atomic E-state index is 6.40. The molecule has 3 saturated carbocycles. The highest BCUT2D eigenvalue weighted by atomic mass is 35.5. The van der Waals surface area contributed by atoms with Crippen LogP contribution in [0.4, 0.5) is 0 Å². The minimum atomic E-state index is -0.273. The van der Waals surface area contributed by atoms with E-state index in [2.05, 4.69) is 45.0 Å². The summed E-state index contributed by atoms with van der Waals surface area (Å²) in [6.07, 6.45) is 3.40. The highest BCUT2D eigenvalue weighted by molar-refractivity contribution is 6.47. The molecule has 1 saturated heterocycles. The quantitative estimate of drug-likeness (QED) is 0.862. The average molecular weight is 336 g/mol. The zero-order valence-electron chi connectivity index (χ0n) is 14.2. The third-order valence-electron chi connectivity index (χ3n) is 6.50. The Labute approximate surface area is 145 Å². The molecule has 1 unspecified atom stereocenters. The molecule has 23 heavy (non-hydrogen) atoms. The average Bonchev–Trinajstić information content (AvgIpc) is 2.85. The lowest BCUT2D eigenvalue weighted by molar-refractivity contribution is -0.185. The number of rotatable bonds is 3. The summed E-state index contributed by atoms with van der Waals surface area (Å²) in [5.41, 5.74) is 7.90. The number of nitrogens with two attached hydrogens (primary N) is 1. The highest BCUT2D eigenvalue weighted by Gasteiger charge is 2.67. The van der Waals surface area contributed by atoms with Crippen LogP contribution in [-0.2, 0) is 15.7 Å². The van der Waals surface area contributed by atoms with E-state index in [0.717, 1.165) is 18.8 Å². The Bertz CT molecular complexity index is 569. The van der Waals surface area contributed by atoms with Gasteiger partial charge in [0, 0.05) is 5.94 Å². The summed E-state index contributed by atoms with van der Waals surface area (Å²) in [5, 5.41) is 0. The fourth-order valence-electron chi connectivity index (χ4n) is 4.91. The van der Waals surface area contributed by atoms with Gasteiger partial charge < -0.3 is 15.0 Å². The lowest BCUT2D eigenvalue weighted by Gasteiger charge is -2.63. The fourth-order valence-corrected chi connectivity index (χ4v) is 4.91. The van der Waals surface area contributed by atoms with E-state index in [1.807, 2.05) is 6.07 Å². The zero-order valence-corrected chi connectivity index (χ0v) is 15.0. The van der Waals surface area contributed by atoms with Crippen LogP contribution in [0.3, 0.4) is 0 Å². The minimum absolute atomic E-state index is 0. The van der Waals surface area contributed by atoms with Crippen LogP contribution >= 0.6 is 12.4 Å². The fraction of sp³-hybridized carbons (Fsp3) is 0.667. The van der Waals surface area contributed by atoms with Gasteiger partial charge in [0.2, 0.25) is 0 Å². The highest BCUT2D eigenvalue weighted by Crippen LogP contribution is 2.64. The molecule has 3 nitrogen and oxygen atoms in total. The van der Waals surface area contributed by atoms with Gasteiger partial charge in [-0.05, 0) is 49.0 Å². The lowest BCUT2D eigenvalue weighted by atomic mass is 9.45. The van der Waals surface area contributed by atoms with Crippen molar-refractivity contribution in [1.82, 2.24) is 0 Å². The first-order valence-electron chi connectivity index (χ1n) is 8.53. The van der Waals surface area contributed by atoms with Gasteiger partial charge in [-0.1, -0.05) is 44.2 Å². The molecule has 1 heterocycles. The van der Waals surface area contributed by atoms with E-state index in [1.165, 1.54) is 12.0 Å². The molecule has 1 aromatic rings. The second kappa shape index (κ2) is 5.77. The van der Waals surface area contributed by atoms with E-state index in [1.54, 1.807) is 0 Å². The van der Waals surface area contributed by atoms with Crippen molar-refractivity contribution in [3.63, 3.8) is 0 Å². The van der Waals surface area contributed by atoms with Crippen LogP contribution < -0.4 is 5.73 Å². The number of hydrogen-bond acceptors (Lipinski definition) is 3. The van der Waals surface area contributed by atoms with Gasteiger partial charge in [-0.2, -0.15) is 0 Å². The standard InChI is InChI=1S/C18H26BNO2.ClH/c1-17(2)13-10-14(17)16-18(3,11-13)22-19(21-16)15(20)9-12-7-5-4-6-8-12;/h4-8,13-16H,9-11,20H2,1-3H3;1H/t13-,14+,15?,16-,18+;/m0./s1. The summed E-state index contributed by atoms with van der Waals surface area (Å²) in [5.74, 6) is 1.28. The van der Waals surface area contributed by atoms with Crippen LogP contribution in [0, 0.1) is 17.3 Å². The van der Waals surface area contributed by atoms with Gasteiger partial charge in [-0.25, -0.2) is 0 Å². The van der Waals surface area contributed by atoms with Crippen molar-refractivity contribution < 1.29 is 9.31 Å². The van der Waals surface area contributed by atoms with E-state index < -0.39 is 0 Å². The van der Waals surface area contributed by atoms with Crippen LogP contribution in [0.25, 0.3) is 0 Å². The predicted molar refractivity (Wildman–Crippen MR) is 95.5 cm³/mol. The van der Waals surface area contributed by atoms with E-state index in [0.29, 0.717) is 11.3 Å². The van der Waals surface area contributed by atoms with Crippen molar-refractivity contribution in [3.8, 4) is 0 Å². The predicted octanol–water partition coefficient (Wildman–Crippen LogP) is 3.25. The maximum absolute atomic E-state index is 6.40. The SMILES string of the molecule is CC1(C)[C@H]2C[C@@H]1[C@@H]1OB(C(N)Cc3ccccc3)O[C@]1(C)C2.Cl. The van der Waals surface area contributed by atoms with Crippen LogP contribution in [0.5, 0.6) is 0 Å². The summed E-state index contributed by atoms with van der Waals surface area (Å²) < 4.78 is 12.7. The largest absolute Gasteiger partial charge is 0.475 e. The molecular weight excluding hydrogens is 308 g/mol. The number of halogens is 1. The minimum Gasteiger partial charge on any atom is -0.404 e. The number of hydrogen-bond donors (Lipinski definition) is 1. The van der Waals surface area contributed by atoms with Crippen molar-refractivity contribution in [2.75, 3.05) is 0 Å². The summed E-state index contributed by atoms with van der Waals surface area (Å²) >= 11 is 0. The molecule has 0 amide bonds. The van der Waals surface area contributed by atoms with Crippen molar-refractivity contribution in [3.05, 3.63) is 35.9 Å². The molecule has 5 rings (SSSR count). The molecule has 2 N–H and O–H groups in total. The monoisotopic (exact) mass is 335 g/mol. The Morgan fingerprint density at radius 1 is 1.26 bits per heavy atom. The van der Waals surface area contributed by atoms with Crippen molar-refractivity contribution in [2.45, 2.75) is 57.7 Å². The Hall–Kier alpha value is -0.545. The smallest absolute Gasteiger partial charge is 0.404 e. The molecule has 1 aliphatic heterocycles. The lowest BCUT2D eigenvalue weighted by Crippen LogP contribution is -2.63. The van der Waals surface area contributed by atoms with Gasteiger partial charge in [0.15, 0.2) is 0 Å². The van der Waals surface area contributed by atoms with Gasteiger partial charge in [0.25, 0.3) is 0 Å². The van der Waals surface area contributed by atoms with Crippen LogP contribution in [0.15, 0.2) is 30.3 Å². The molecule has 4 aliphatic rings. The topological polar surface area (TPSA) is 44.5 Å². The second-order valence-corrected chi connectivity index (χ2v) is 8.27. The van der Waals surface area contributed by atoms with Gasteiger partial charge >= 0.3 is 7.12 Å². The third kappa shape index (κ3) is 2.64. The Balaban J connectivity index is 0.00000156. The molecule has 0 radical (unpaired) electrons. The van der Waals surface area contributed by atoms with E-state index >= 15 is 0 Å². The van der Waals surface area contributed by atoms with Gasteiger partial charge in [0.1, 0.15) is 0 Å². The summed E-state index contributed by atoms with van der Waals surface area (Å²) in [4.78, 5) is 0. The first kappa shape index (κ1) is 17.3. The third-order valence-corrected chi connectivity index (χ3v) is 6.50. The number of benzene rings is 1. The van der Waals surface area contributed by atoms with E-state index in [9.17, 15) is 0 Å². The Kier molecular flexibility index (Phi) is 4.33. The maximum Gasteiger partial charge on any atom is 0.475 e. The molecule has 3 aliphatic carbocycles. The van der Waals surface area contributed by atoms with Gasteiger partial charge in [-0.15, -0.1) is 12.4 Å². The summed E-state index contributed by atoms with van der Waals surface area (Å²) in [7, 11) is -0.273. The van der Waals surface area contributed by atoms with Crippen LogP contribution in [-0.4, -0.2) is 24.8 Å². The first-order chi connectivity index (χ1) is 10.4. The molecule has 5 heteroatoms. The van der Waals surface area contributed by atoms with Crippen LogP contribution in [0.2, 0.25) is 0 Å². The molecule has 0 aromatic heterocycles. The van der Waals surface area contributed by atoms with Gasteiger partial charge in [-0.3, -0.25) is 0 Å². The molecule has 1 aromatic carbocycles. The van der Waals surface area contributed by atoms with E-state index in [4.69, 9.17) is 15.0 Å². The Morgan fingerprint density at radius 2 is 1.96 bits per heavy atom. The van der Waals surface area contributed by atoms with Gasteiger partial charge in [0.05, 0.1) is 11.7 Å². The molecule has 5 atom stereocenters. The van der Waals surface area contributed by atoms with Crippen molar-refractivity contribution in [2.24, 2.45) is 23.0 Å². The van der Waals surface area contributed by atoms with E-state index in [-0.39, 0.29) is 37.2 Å². The molecule has 126 valence electrons.